The molecular weight excluding hydrogens is 273 g/mol. The normalized spacial score (nSPS) is 8.60. The van der Waals surface area contributed by atoms with Crippen molar-refractivity contribution < 1.29 is 0 Å². The zero-order valence-corrected chi connectivity index (χ0v) is 10.5. The molecule has 0 aliphatic rings. The molecule has 0 saturated carbocycles. The monoisotopic (exact) mass is 274 g/mol. The Labute approximate surface area is 97.0 Å². The van der Waals surface area contributed by atoms with Crippen LogP contribution in [-0.4, -0.2) is 34.5 Å². The largest absolute Gasteiger partial charge is 0.327 e. The predicted molar refractivity (Wildman–Crippen MR) is 48.2 cm³/mol. The summed E-state index contributed by atoms with van der Waals surface area (Å²) in [5.74, 6) is 0. The molecule has 5 heteroatoms. The van der Waals surface area contributed by atoms with E-state index in [1.54, 1.807) is 12.3 Å². The van der Waals surface area contributed by atoms with Crippen molar-refractivity contribution in [2.45, 2.75) is 0 Å². The molecule has 0 bridgehead atoms. The van der Waals surface area contributed by atoms with Crippen LogP contribution in [0.1, 0.15) is 0 Å². The Kier molecular flexibility index (Phi) is 5.15. The molecule has 0 aliphatic heterocycles. The Morgan fingerprint density at radius 3 is 2.40 bits per heavy atom. The maximum Gasteiger partial charge on any atom is 0.262 e. The molecule has 1 aromatic rings. The molecular formula is C5H3Br2NNaO. The summed E-state index contributed by atoms with van der Waals surface area (Å²) in [7, 11) is 0. The van der Waals surface area contributed by atoms with Crippen LogP contribution in [0.15, 0.2) is 26.0 Å². The van der Waals surface area contributed by atoms with Crippen LogP contribution in [0.3, 0.4) is 0 Å². The first-order chi connectivity index (χ1) is 4.20. The molecule has 0 aromatic carbocycles. The number of aromatic amines is 1. The van der Waals surface area contributed by atoms with Gasteiger partial charge in [-0.3, -0.25) is 4.79 Å². The summed E-state index contributed by atoms with van der Waals surface area (Å²) < 4.78 is 1.39. The first kappa shape index (κ1) is 10.9. The Morgan fingerprint density at radius 1 is 1.40 bits per heavy atom. The van der Waals surface area contributed by atoms with Crippen LogP contribution >= 0.6 is 31.9 Å². The van der Waals surface area contributed by atoms with Crippen molar-refractivity contribution in [1.82, 2.24) is 4.98 Å². The number of pyridine rings is 1. The average Bonchev–Trinajstić information content (AvgIpc) is 1.80. The Morgan fingerprint density at radius 2 is 2.00 bits per heavy atom. The van der Waals surface area contributed by atoms with E-state index in [-0.39, 0.29) is 35.1 Å². The van der Waals surface area contributed by atoms with Gasteiger partial charge in [0.1, 0.15) is 0 Å². The molecule has 0 amide bonds. The van der Waals surface area contributed by atoms with Gasteiger partial charge in [0.2, 0.25) is 0 Å². The molecule has 0 fully saturated rings. The van der Waals surface area contributed by atoms with Crippen molar-refractivity contribution >= 4 is 61.4 Å². The van der Waals surface area contributed by atoms with Crippen LogP contribution in [-0.2, 0) is 0 Å². The van der Waals surface area contributed by atoms with E-state index in [9.17, 15) is 4.79 Å². The van der Waals surface area contributed by atoms with Crippen molar-refractivity contribution in [1.29, 1.82) is 0 Å². The van der Waals surface area contributed by atoms with Crippen molar-refractivity contribution in [3.63, 3.8) is 0 Å². The third kappa shape index (κ3) is 2.88. The van der Waals surface area contributed by atoms with Crippen LogP contribution < -0.4 is 5.56 Å². The zero-order valence-electron chi connectivity index (χ0n) is 5.32. The van der Waals surface area contributed by atoms with E-state index < -0.39 is 0 Å². The number of H-pyrrole nitrogens is 1. The number of rotatable bonds is 0. The van der Waals surface area contributed by atoms with Gasteiger partial charge in [0, 0.05) is 40.2 Å². The van der Waals surface area contributed by atoms with Gasteiger partial charge in [0.05, 0.1) is 4.47 Å². The molecule has 0 aliphatic carbocycles. The standard InChI is InChI=1S/C5H3Br2NO.Na/c6-3-1-4(7)5(9)8-2-3;/h1-2H,(H,8,9);. The van der Waals surface area contributed by atoms with E-state index in [0.717, 1.165) is 4.47 Å². The molecule has 49 valence electrons. The zero-order chi connectivity index (χ0) is 6.85. The number of halogens is 2. The molecule has 0 saturated heterocycles. The van der Waals surface area contributed by atoms with E-state index in [2.05, 4.69) is 36.8 Å². The van der Waals surface area contributed by atoms with Crippen LogP contribution in [0.5, 0.6) is 0 Å². The maximum absolute atomic E-state index is 10.6. The molecule has 1 aromatic heterocycles. The van der Waals surface area contributed by atoms with Crippen LogP contribution in [0, 0.1) is 0 Å². The van der Waals surface area contributed by atoms with Gasteiger partial charge in [-0.25, -0.2) is 0 Å². The van der Waals surface area contributed by atoms with Crippen molar-refractivity contribution in [3.05, 3.63) is 31.6 Å². The van der Waals surface area contributed by atoms with Gasteiger partial charge in [-0.1, -0.05) is 0 Å². The molecule has 1 heterocycles. The summed E-state index contributed by atoms with van der Waals surface area (Å²) in [5, 5.41) is 0. The molecule has 10 heavy (non-hydrogen) atoms. The van der Waals surface area contributed by atoms with E-state index in [1.807, 2.05) is 0 Å². The van der Waals surface area contributed by atoms with Gasteiger partial charge in [-0.2, -0.15) is 0 Å². The maximum atomic E-state index is 10.6. The Hall–Kier alpha value is 0.910. The van der Waals surface area contributed by atoms with Crippen LogP contribution in [0.4, 0.5) is 0 Å². The van der Waals surface area contributed by atoms with Gasteiger partial charge in [-0.15, -0.1) is 0 Å². The smallest absolute Gasteiger partial charge is 0.262 e. The van der Waals surface area contributed by atoms with Gasteiger partial charge >= 0.3 is 0 Å². The molecule has 0 spiro atoms. The average molecular weight is 276 g/mol. The summed E-state index contributed by atoms with van der Waals surface area (Å²) in [4.78, 5) is 13.2. The number of hydrogen-bond acceptors (Lipinski definition) is 1. The summed E-state index contributed by atoms with van der Waals surface area (Å²) in [6, 6.07) is 1.69. The van der Waals surface area contributed by atoms with Crippen molar-refractivity contribution in [3.8, 4) is 0 Å². The fourth-order valence-electron chi connectivity index (χ4n) is 0.432. The summed E-state index contributed by atoms with van der Waals surface area (Å²) in [6.07, 6.45) is 1.59. The minimum Gasteiger partial charge on any atom is -0.327 e. The topological polar surface area (TPSA) is 32.9 Å². The van der Waals surface area contributed by atoms with E-state index in [0.29, 0.717) is 4.47 Å². The summed E-state index contributed by atoms with van der Waals surface area (Å²) in [6.45, 7) is 0. The molecule has 1 rings (SSSR count). The van der Waals surface area contributed by atoms with E-state index in [4.69, 9.17) is 0 Å². The van der Waals surface area contributed by atoms with Gasteiger partial charge < -0.3 is 4.98 Å². The van der Waals surface area contributed by atoms with Crippen LogP contribution in [0.25, 0.3) is 0 Å². The Balaban J connectivity index is 0.000000810. The quantitative estimate of drug-likeness (QED) is 0.716. The number of hydrogen-bond donors (Lipinski definition) is 1. The number of aromatic nitrogens is 1. The fourth-order valence-corrected chi connectivity index (χ4v) is 1.44. The van der Waals surface area contributed by atoms with Crippen molar-refractivity contribution in [2.24, 2.45) is 0 Å². The van der Waals surface area contributed by atoms with E-state index in [1.165, 1.54) is 0 Å². The summed E-state index contributed by atoms with van der Waals surface area (Å²) >= 11 is 6.27. The van der Waals surface area contributed by atoms with E-state index >= 15 is 0 Å². The predicted octanol–water partition coefficient (Wildman–Crippen LogP) is 1.52. The second kappa shape index (κ2) is 4.72. The summed E-state index contributed by atoms with van der Waals surface area (Å²) in [5.41, 5.74) is -0.113. The first-order valence-corrected chi connectivity index (χ1v) is 3.82. The third-order valence-corrected chi connectivity index (χ3v) is 1.87. The molecule has 2 nitrogen and oxygen atoms in total. The molecule has 1 N–H and O–H groups in total. The second-order valence-electron chi connectivity index (χ2n) is 1.49. The number of nitrogens with one attached hydrogen (secondary N) is 1. The van der Waals surface area contributed by atoms with Gasteiger partial charge in [0.25, 0.3) is 5.56 Å². The molecule has 0 atom stereocenters. The molecule has 1 radical (unpaired) electrons. The fraction of sp³-hybridized carbons (Fsp3) is 0. The van der Waals surface area contributed by atoms with Crippen molar-refractivity contribution in [2.75, 3.05) is 0 Å². The third-order valence-electron chi connectivity index (χ3n) is 0.823. The van der Waals surface area contributed by atoms with Gasteiger partial charge in [-0.05, 0) is 37.9 Å². The second-order valence-corrected chi connectivity index (χ2v) is 3.26. The minimum absolute atomic E-state index is 0. The van der Waals surface area contributed by atoms with Gasteiger partial charge in [0.15, 0.2) is 0 Å². The SMILES string of the molecule is O=c1[nH]cc(Br)cc1Br.[Na]. The molecule has 0 unspecified atom stereocenters. The minimum atomic E-state index is -0.113. The first-order valence-electron chi connectivity index (χ1n) is 2.24. The Bertz CT molecular complexity index is 273. The van der Waals surface area contributed by atoms with Crippen LogP contribution in [0.2, 0.25) is 0 Å².